The molecule has 3 aliphatic heterocycles. The van der Waals surface area contributed by atoms with Crippen molar-refractivity contribution in [2.45, 2.75) is 25.4 Å². The number of amides is 1. The van der Waals surface area contributed by atoms with E-state index in [0.29, 0.717) is 5.92 Å². The van der Waals surface area contributed by atoms with Gasteiger partial charge in [0.2, 0.25) is 0 Å². The molecule has 32 heavy (non-hydrogen) atoms. The maximum atomic E-state index is 13.2. The van der Waals surface area contributed by atoms with Gasteiger partial charge in [0.15, 0.2) is 28.4 Å². The number of guanidine groups is 1. The summed E-state index contributed by atoms with van der Waals surface area (Å²) in [6, 6.07) is 6.64. The summed E-state index contributed by atoms with van der Waals surface area (Å²) < 4.78 is 14.1. The summed E-state index contributed by atoms with van der Waals surface area (Å²) in [5, 5.41) is 2.41. The van der Waals surface area contributed by atoms with Crippen LogP contribution in [0.4, 0.5) is 16.0 Å². The molecule has 2 aromatic rings. The van der Waals surface area contributed by atoms with Crippen LogP contribution < -0.4 is 34.9 Å². The van der Waals surface area contributed by atoms with Crippen molar-refractivity contribution in [2.75, 3.05) is 31.1 Å². The molecule has 0 radical (unpaired) electrons. The van der Waals surface area contributed by atoms with Crippen LogP contribution in [0.25, 0.3) is 0 Å². The average Bonchev–Trinajstić information content (AvgIpc) is 2.73. The number of hydrogen-bond acceptors (Lipinski definition) is 6. The molecule has 3 fully saturated rings. The molecule has 0 aliphatic carbocycles. The lowest BCUT2D eigenvalue weighted by molar-refractivity contribution is -0.955. The van der Waals surface area contributed by atoms with Gasteiger partial charge in [-0.25, -0.2) is 19.4 Å². The molecule has 3 saturated heterocycles. The minimum Gasteiger partial charge on any atom is -1.00 e. The van der Waals surface area contributed by atoms with Gasteiger partial charge in [0.1, 0.15) is 24.9 Å². The molecule has 1 aromatic heterocycles. The van der Waals surface area contributed by atoms with E-state index in [4.69, 9.17) is 28.8 Å². The van der Waals surface area contributed by atoms with E-state index >= 15 is 0 Å². The molecule has 4 heterocycles. The second-order valence-electron chi connectivity index (χ2n) is 8.26. The van der Waals surface area contributed by atoms with Crippen LogP contribution in [0.15, 0.2) is 29.3 Å². The number of quaternary nitrogens is 1. The molecule has 3 aliphatic rings. The number of nitrogen functional groups attached to an aromatic ring is 2. The fourth-order valence-corrected chi connectivity index (χ4v) is 4.72. The number of rotatable bonds is 4. The summed E-state index contributed by atoms with van der Waals surface area (Å²) in [6.07, 6.45) is 2.06. The number of halogens is 3. The van der Waals surface area contributed by atoms with Gasteiger partial charge in [-0.1, -0.05) is 23.7 Å². The molecule has 1 aromatic carbocycles. The Bertz CT molecular complexity index is 1030. The van der Waals surface area contributed by atoms with Crippen LogP contribution in [0.1, 0.15) is 28.9 Å². The second-order valence-corrected chi connectivity index (χ2v) is 8.62. The molecule has 1 amide bonds. The van der Waals surface area contributed by atoms with Gasteiger partial charge in [0.25, 0.3) is 5.91 Å². The number of nitrogens with two attached hydrogens (primary N) is 3. The van der Waals surface area contributed by atoms with Gasteiger partial charge in [-0.3, -0.25) is 10.1 Å². The Morgan fingerprint density at radius 2 is 1.84 bits per heavy atom. The third-order valence-electron chi connectivity index (χ3n) is 6.16. The quantitative estimate of drug-likeness (QED) is 0.232. The number of anilines is 2. The van der Waals surface area contributed by atoms with Crippen LogP contribution in [0, 0.1) is 11.7 Å². The van der Waals surface area contributed by atoms with E-state index in [0.717, 1.165) is 49.1 Å². The Morgan fingerprint density at radius 3 is 2.50 bits per heavy atom. The topological polar surface area (TPSA) is 145 Å². The largest absolute Gasteiger partial charge is 1.00 e. The number of piperidine rings is 3. The summed E-state index contributed by atoms with van der Waals surface area (Å²) in [6.45, 7) is 3.74. The fourth-order valence-electron chi connectivity index (χ4n) is 4.59. The minimum absolute atomic E-state index is 0. The Balaban J connectivity index is 0.00000289. The van der Waals surface area contributed by atoms with E-state index in [-0.39, 0.29) is 52.7 Å². The lowest BCUT2D eigenvalue weighted by atomic mass is 9.81. The van der Waals surface area contributed by atoms with E-state index in [9.17, 15) is 9.18 Å². The van der Waals surface area contributed by atoms with Gasteiger partial charge in [0.05, 0.1) is 13.1 Å². The first kappa shape index (κ1) is 24.0. The summed E-state index contributed by atoms with van der Waals surface area (Å²) in [4.78, 5) is 24.8. The first-order valence-electron chi connectivity index (χ1n) is 10.1. The van der Waals surface area contributed by atoms with Crippen molar-refractivity contribution in [3.8, 4) is 0 Å². The number of nitrogens with one attached hydrogen (secondary N) is 1. The number of hydrogen-bond donors (Lipinski definition) is 4. The van der Waals surface area contributed by atoms with E-state index in [1.54, 1.807) is 0 Å². The average molecular weight is 483 g/mol. The third-order valence-corrected chi connectivity index (χ3v) is 6.44. The first-order chi connectivity index (χ1) is 14.7. The Hall–Kier alpha value is -2.69. The van der Waals surface area contributed by atoms with Crippen molar-refractivity contribution in [3.05, 3.63) is 46.5 Å². The number of carbonyl (C=O) groups excluding carboxylic acids is 1. The molecule has 0 spiro atoms. The molecular weight excluding hydrogens is 458 g/mol. The third kappa shape index (κ3) is 5.03. The lowest BCUT2D eigenvalue weighted by Crippen LogP contribution is -3.00. The van der Waals surface area contributed by atoms with Crippen LogP contribution in [-0.4, -0.2) is 52.0 Å². The summed E-state index contributed by atoms with van der Waals surface area (Å²) in [5.41, 5.74) is 18.2. The van der Waals surface area contributed by atoms with Gasteiger partial charge >= 0.3 is 0 Å². The van der Waals surface area contributed by atoms with Crippen LogP contribution >= 0.6 is 11.6 Å². The zero-order valence-electron chi connectivity index (χ0n) is 17.3. The fraction of sp³-hybridized carbons (Fsp3) is 0.400. The number of aromatic nitrogens is 2. The second kappa shape index (κ2) is 9.43. The van der Waals surface area contributed by atoms with E-state index in [1.165, 1.54) is 12.1 Å². The van der Waals surface area contributed by atoms with Crippen molar-refractivity contribution in [3.63, 3.8) is 0 Å². The van der Waals surface area contributed by atoms with Crippen molar-refractivity contribution in [1.82, 2.24) is 15.3 Å². The lowest BCUT2D eigenvalue weighted by Gasteiger charge is -2.51. The molecule has 9 nitrogen and oxygen atoms in total. The number of fused-ring (bicyclic) bond motifs is 3. The molecule has 0 saturated carbocycles. The Morgan fingerprint density at radius 1 is 1.19 bits per heavy atom. The van der Waals surface area contributed by atoms with Crippen LogP contribution in [0.2, 0.25) is 5.15 Å². The molecule has 12 heteroatoms. The molecule has 7 N–H and O–H groups in total. The number of carbonyl (C=O) groups is 1. The standard InChI is InChI=1S/C20H24ClFN8O.ClH/c21-16-18(24)28-17(23)15(27-16)19(31)29-20(25)26-14-10-30(7-5-12(14)6-8-30)9-11-1-3-13(22)4-2-11;/h1-4,12,14H,5-10H2,(H6-,23,24,25,26,28,29,31);1H/t12?,14-,30?;/m1./s1. The smallest absolute Gasteiger partial charge is 0.280 e. The maximum absolute atomic E-state index is 13.2. The number of benzene rings is 1. The summed E-state index contributed by atoms with van der Waals surface area (Å²) in [7, 11) is 0. The van der Waals surface area contributed by atoms with Gasteiger partial charge in [0, 0.05) is 18.4 Å². The highest BCUT2D eigenvalue weighted by Gasteiger charge is 2.46. The Labute approximate surface area is 196 Å². The molecule has 2 bridgehead atoms. The van der Waals surface area contributed by atoms with Crippen LogP contribution in [-0.2, 0) is 6.54 Å². The SMILES string of the molecule is NC(=N[C@@H]1C[N+]2(Cc3ccc(F)cc3)CCC1CC2)NC(=O)c1nc(Cl)c(N)nc1N.[Cl-]. The normalized spacial score (nSPS) is 24.6. The van der Waals surface area contributed by atoms with Crippen LogP contribution in [0.5, 0.6) is 0 Å². The summed E-state index contributed by atoms with van der Waals surface area (Å²) >= 11 is 5.84. The van der Waals surface area contributed by atoms with Crippen LogP contribution in [0.3, 0.4) is 0 Å². The zero-order valence-corrected chi connectivity index (χ0v) is 18.8. The maximum Gasteiger partial charge on any atom is 0.280 e. The molecular formula is C20H25Cl2FN8O. The van der Waals surface area contributed by atoms with Crippen molar-refractivity contribution in [2.24, 2.45) is 16.6 Å². The predicted octanol–water partition coefficient (Wildman–Crippen LogP) is -1.71. The predicted molar refractivity (Wildman–Crippen MR) is 116 cm³/mol. The van der Waals surface area contributed by atoms with E-state index in [1.807, 2.05) is 12.1 Å². The van der Waals surface area contributed by atoms with Crippen molar-refractivity contribution >= 4 is 35.1 Å². The molecule has 0 unspecified atom stereocenters. The highest BCUT2D eigenvalue weighted by Crippen LogP contribution is 2.37. The van der Waals surface area contributed by atoms with Gasteiger partial charge in [-0.05, 0) is 18.1 Å². The number of aliphatic imine (C=N–C) groups is 1. The molecule has 1 atom stereocenters. The van der Waals surface area contributed by atoms with Gasteiger partial charge < -0.3 is 34.1 Å². The highest BCUT2D eigenvalue weighted by molar-refractivity contribution is 6.31. The van der Waals surface area contributed by atoms with Crippen molar-refractivity contribution in [1.29, 1.82) is 0 Å². The van der Waals surface area contributed by atoms with E-state index < -0.39 is 5.91 Å². The minimum atomic E-state index is -0.648. The molecule has 5 rings (SSSR count). The molecule has 172 valence electrons. The number of nitrogens with zero attached hydrogens (tertiary/aromatic N) is 4. The van der Waals surface area contributed by atoms with Gasteiger partial charge in [-0.15, -0.1) is 0 Å². The first-order valence-corrected chi connectivity index (χ1v) is 10.5. The zero-order chi connectivity index (χ0) is 22.2. The van der Waals surface area contributed by atoms with Gasteiger partial charge in [-0.2, -0.15) is 0 Å². The van der Waals surface area contributed by atoms with E-state index in [2.05, 4.69) is 20.3 Å². The Kier molecular flexibility index (Phi) is 7.06. The summed E-state index contributed by atoms with van der Waals surface area (Å²) in [5.74, 6) is -0.666. The monoisotopic (exact) mass is 482 g/mol. The van der Waals surface area contributed by atoms with Crippen molar-refractivity contribution < 1.29 is 26.1 Å². The highest BCUT2D eigenvalue weighted by atomic mass is 35.5.